The van der Waals surface area contributed by atoms with Gasteiger partial charge in [-0.05, 0) is 43.9 Å². The highest BCUT2D eigenvalue weighted by atomic mass is 16.6. The highest BCUT2D eigenvalue weighted by Gasteiger charge is 2.27. The summed E-state index contributed by atoms with van der Waals surface area (Å²) in [5.41, 5.74) is 4.40. The predicted octanol–water partition coefficient (Wildman–Crippen LogP) is 5.72. The first-order chi connectivity index (χ1) is 12.9. The summed E-state index contributed by atoms with van der Waals surface area (Å²) in [6.07, 6.45) is 2.94. The molecule has 1 aromatic heterocycles. The topological polar surface area (TPSA) is 31.2 Å². The molecule has 0 aliphatic rings. The highest BCUT2D eigenvalue weighted by Crippen LogP contribution is 2.32. The maximum Gasteiger partial charge on any atom is 0.356 e. The Morgan fingerprint density at radius 1 is 0.963 bits per heavy atom. The van der Waals surface area contributed by atoms with Crippen LogP contribution in [0.15, 0.2) is 66.9 Å². The molecular formula is C24H27NO2. The van der Waals surface area contributed by atoms with Gasteiger partial charge in [-0.25, -0.2) is 4.79 Å². The minimum Gasteiger partial charge on any atom is -0.455 e. The summed E-state index contributed by atoms with van der Waals surface area (Å²) in [6.45, 7) is 8.46. The molecule has 0 bridgehead atoms. The predicted molar refractivity (Wildman–Crippen MR) is 110 cm³/mol. The van der Waals surface area contributed by atoms with E-state index in [0.29, 0.717) is 12.2 Å². The van der Waals surface area contributed by atoms with Crippen LogP contribution in [-0.2, 0) is 17.7 Å². The van der Waals surface area contributed by atoms with Gasteiger partial charge < -0.3 is 9.30 Å². The molecule has 0 unspecified atom stereocenters. The van der Waals surface area contributed by atoms with Gasteiger partial charge in [0.05, 0.1) is 0 Å². The number of carbonyl (C=O) groups excluding carboxylic acids is 1. The first kappa shape index (κ1) is 19.0. The molecule has 3 aromatic rings. The average molecular weight is 361 g/mol. The van der Waals surface area contributed by atoms with Crippen molar-refractivity contribution in [1.29, 1.82) is 0 Å². The van der Waals surface area contributed by atoms with Crippen LogP contribution in [0.1, 0.15) is 49.3 Å². The van der Waals surface area contributed by atoms with Crippen LogP contribution < -0.4 is 0 Å². The molecule has 0 spiro atoms. The fourth-order valence-electron chi connectivity index (χ4n) is 3.26. The quantitative estimate of drug-likeness (QED) is 0.544. The van der Waals surface area contributed by atoms with Crippen molar-refractivity contribution in [2.24, 2.45) is 0 Å². The van der Waals surface area contributed by atoms with Crippen molar-refractivity contribution in [2.45, 2.75) is 46.3 Å². The van der Waals surface area contributed by atoms with E-state index >= 15 is 0 Å². The van der Waals surface area contributed by atoms with Crippen molar-refractivity contribution in [3.8, 4) is 11.1 Å². The Balaban J connectivity index is 2.15. The van der Waals surface area contributed by atoms with Crippen LogP contribution in [0.5, 0.6) is 0 Å². The van der Waals surface area contributed by atoms with E-state index in [1.54, 1.807) is 0 Å². The normalized spacial score (nSPS) is 11.4. The number of carbonyl (C=O) groups is 1. The molecule has 0 aliphatic heterocycles. The van der Waals surface area contributed by atoms with Crippen molar-refractivity contribution in [3.05, 3.63) is 83.7 Å². The molecule has 1 heterocycles. The van der Waals surface area contributed by atoms with Crippen LogP contribution >= 0.6 is 0 Å². The number of esters is 1. The van der Waals surface area contributed by atoms with Crippen molar-refractivity contribution in [3.63, 3.8) is 0 Å². The van der Waals surface area contributed by atoms with Gasteiger partial charge in [0.2, 0.25) is 0 Å². The zero-order valence-corrected chi connectivity index (χ0v) is 16.5. The third kappa shape index (κ3) is 4.48. The first-order valence-corrected chi connectivity index (χ1v) is 9.43. The monoisotopic (exact) mass is 361 g/mol. The largest absolute Gasteiger partial charge is 0.455 e. The molecule has 3 rings (SSSR count). The number of hydrogen-bond acceptors (Lipinski definition) is 2. The fraction of sp³-hybridized carbons (Fsp3) is 0.292. The van der Waals surface area contributed by atoms with Gasteiger partial charge in [-0.2, -0.15) is 0 Å². The number of benzene rings is 2. The first-order valence-electron chi connectivity index (χ1n) is 9.43. The number of ether oxygens (including phenoxy) is 1. The molecule has 140 valence electrons. The van der Waals surface area contributed by atoms with Gasteiger partial charge in [0, 0.05) is 18.3 Å². The van der Waals surface area contributed by atoms with Crippen LogP contribution in [0, 0.1) is 0 Å². The van der Waals surface area contributed by atoms with E-state index in [1.807, 2.05) is 61.7 Å². The van der Waals surface area contributed by atoms with Crippen LogP contribution in [0.2, 0.25) is 0 Å². The minimum absolute atomic E-state index is 0.281. The third-order valence-corrected chi connectivity index (χ3v) is 4.39. The molecule has 0 saturated carbocycles. The minimum atomic E-state index is -0.542. The van der Waals surface area contributed by atoms with E-state index in [9.17, 15) is 4.79 Å². The van der Waals surface area contributed by atoms with Gasteiger partial charge in [0.15, 0.2) is 0 Å². The maximum absolute atomic E-state index is 13.2. The third-order valence-electron chi connectivity index (χ3n) is 4.39. The number of aromatic nitrogens is 1. The van der Waals surface area contributed by atoms with Crippen LogP contribution in [0.25, 0.3) is 11.1 Å². The summed E-state index contributed by atoms with van der Waals surface area (Å²) in [5, 5.41) is 0. The van der Waals surface area contributed by atoms with E-state index in [1.165, 1.54) is 0 Å². The summed E-state index contributed by atoms with van der Waals surface area (Å²) >= 11 is 0. The second-order valence-corrected chi connectivity index (χ2v) is 7.71. The van der Waals surface area contributed by atoms with Gasteiger partial charge in [0.25, 0.3) is 0 Å². The second-order valence-electron chi connectivity index (χ2n) is 7.71. The smallest absolute Gasteiger partial charge is 0.356 e. The molecule has 0 amide bonds. The Morgan fingerprint density at radius 2 is 1.56 bits per heavy atom. The van der Waals surface area contributed by atoms with Gasteiger partial charge in [-0.3, -0.25) is 0 Å². The van der Waals surface area contributed by atoms with Crippen LogP contribution in [-0.4, -0.2) is 16.1 Å². The maximum atomic E-state index is 13.2. The van der Waals surface area contributed by atoms with Crippen molar-refractivity contribution >= 4 is 5.97 Å². The number of rotatable bonds is 5. The molecule has 3 heteroatoms. The second kappa shape index (κ2) is 7.83. The summed E-state index contributed by atoms with van der Waals surface area (Å²) in [4.78, 5) is 13.2. The molecule has 0 radical (unpaired) electrons. The zero-order valence-electron chi connectivity index (χ0n) is 16.5. The molecule has 27 heavy (non-hydrogen) atoms. The molecule has 0 N–H and O–H groups in total. The summed E-state index contributed by atoms with van der Waals surface area (Å²) in [7, 11) is 0. The van der Waals surface area contributed by atoms with Gasteiger partial charge in [-0.15, -0.1) is 0 Å². The molecule has 0 fully saturated rings. The molecule has 2 aromatic carbocycles. The van der Waals surface area contributed by atoms with E-state index in [4.69, 9.17) is 4.74 Å². The number of hydrogen-bond donors (Lipinski definition) is 0. The van der Waals surface area contributed by atoms with E-state index in [2.05, 4.69) is 37.4 Å². The van der Waals surface area contributed by atoms with E-state index < -0.39 is 5.60 Å². The Morgan fingerprint density at radius 3 is 2.11 bits per heavy atom. The van der Waals surface area contributed by atoms with Crippen molar-refractivity contribution in [2.75, 3.05) is 0 Å². The van der Waals surface area contributed by atoms with Gasteiger partial charge in [-0.1, -0.05) is 67.6 Å². The van der Waals surface area contributed by atoms with Crippen molar-refractivity contribution < 1.29 is 9.53 Å². The lowest BCUT2D eigenvalue weighted by Crippen LogP contribution is -2.26. The molecule has 0 saturated heterocycles. The number of nitrogens with zero attached hydrogens (tertiary/aromatic N) is 1. The molecular weight excluding hydrogens is 334 g/mol. The fourth-order valence-corrected chi connectivity index (χ4v) is 3.26. The Hall–Kier alpha value is -2.81. The lowest BCUT2D eigenvalue weighted by Gasteiger charge is -2.21. The Labute approximate surface area is 161 Å². The van der Waals surface area contributed by atoms with Crippen molar-refractivity contribution in [1.82, 2.24) is 4.57 Å². The summed E-state index contributed by atoms with van der Waals surface area (Å²) in [5.74, 6) is -0.281. The van der Waals surface area contributed by atoms with Gasteiger partial charge >= 0.3 is 5.97 Å². The zero-order chi connectivity index (χ0) is 19.4. The van der Waals surface area contributed by atoms with E-state index in [-0.39, 0.29) is 5.97 Å². The average Bonchev–Trinajstić information content (AvgIpc) is 3.00. The highest BCUT2D eigenvalue weighted by molar-refractivity contribution is 5.97. The molecule has 3 nitrogen and oxygen atoms in total. The summed E-state index contributed by atoms with van der Waals surface area (Å²) < 4.78 is 7.79. The van der Waals surface area contributed by atoms with Gasteiger partial charge in [0.1, 0.15) is 11.3 Å². The Bertz CT molecular complexity index is 903. The van der Waals surface area contributed by atoms with Crippen LogP contribution in [0.3, 0.4) is 0 Å². The van der Waals surface area contributed by atoms with Crippen LogP contribution in [0.4, 0.5) is 0 Å². The van der Waals surface area contributed by atoms with E-state index in [0.717, 1.165) is 28.7 Å². The number of aryl methyl sites for hydroxylation is 1. The lowest BCUT2D eigenvalue weighted by molar-refractivity contribution is 0.00592. The lowest BCUT2D eigenvalue weighted by atomic mass is 10.00. The molecule has 0 aliphatic carbocycles. The summed E-state index contributed by atoms with van der Waals surface area (Å²) in [6, 6.07) is 20.3. The standard InChI is InChI=1S/C24H27NO2/c1-5-19-17-25(16-18-12-8-6-9-13-18)22(23(26)27-24(2,3)4)21(19)20-14-10-7-11-15-20/h6-15,17H,5,16H2,1-4H3. The Kier molecular flexibility index (Phi) is 5.50. The molecule has 0 atom stereocenters. The SMILES string of the molecule is CCc1cn(Cc2ccccc2)c(C(=O)OC(C)(C)C)c1-c1ccccc1.